The molecule has 1 N–H and O–H groups in total. The normalized spacial score (nSPS) is 10.1. The highest BCUT2D eigenvalue weighted by atomic mass is 79.9. The van der Waals surface area contributed by atoms with Gasteiger partial charge in [0.15, 0.2) is 0 Å². The number of rotatable bonds is 6. The van der Waals surface area contributed by atoms with Crippen LogP contribution in [0.4, 0.5) is 5.69 Å². The molecule has 0 radical (unpaired) electrons. The number of benzene rings is 2. The van der Waals surface area contributed by atoms with Crippen molar-refractivity contribution >= 4 is 27.5 Å². The molecule has 0 unspecified atom stereocenters. The van der Waals surface area contributed by atoms with Gasteiger partial charge in [0.25, 0.3) is 5.91 Å². The van der Waals surface area contributed by atoms with E-state index in [2.05, 4.69) is 21.2 Å². The van der Waals surface area contributed by atoms with Crippen molar-refractivity contribution in [2.45, 2.75) is 6.92 Å². The molecule has 0 bridgehead atoms. The Labute approximate surface area is 143 Å². The maximum atomic E-state index is 12.4. The van der Waals surface area contributed by atoms with Gasteiger partial charge in [-0.15, -0.1) is 0 Å². The minimum Gasteiger partial charge on any atom is -0.495 e. The van der Waals surface area contributed by atoms with E-state index in [1.54, 1.807) is 24.3 Å². The van der Waals surface area contributed by atoms with Crippen LogP contribution in [-0.4, -0.2) is 26.7 Å². The lowest BCUT2D eigenvalue weighted by atomic mass is 10.1. The standard InChI is InChI=1S/C17H18BrNO4/c1-4-23-13-7-5-12(6-8-13)19-17(20)11-9-14(21-2)16(18)15(10-11)22-3/h5-10H,4H2,1-3H3,(H,19,20). The highest BCUT2D eigenvalue weighted by molar-refractivity contribution is 9.10. The van der Waals surface area contributed by atoms with Gasteiger partial charge < -0.3 is 19.5 Å². The Morgan fingerprint density at radius 3 is 2.13 bits per heavy atom. The highest BCUT2D eigenvalue weighted by Crippen LogP contribution is 2.35. The van der Waals surface area contributed by atoms with E-state index in [4.69, 9.17) is 14.2 Å². The van der Waals surface area contributed by atoms with Crippen molar-refractivity contribution in [1.29, 1.82) is 0 Å². The molecule has 0 heterocycles. The summed E-state index contributed by atoms with van der Waals surface area (Å²) in [7, 11) is 3.07. The molecular weight excluding hydrogens is 362 g/mol. The summed E-state index contributed by atoms with van der Waals surface area (Å²) in [6.45, 7) is 2.52. The summed E-state index contributed by atoms with van der Waals surface area (Å²) in [4.78, 5) is 12.4. The second-order valence-electron chi connectivity index (χ2n) is 4.61. The van der Waals surface area contributed by atoms with E-state index in [1.165, 1.54) is 14.2 Å². The van der Waals surface area contributed by atoms with E-state index in [9.17, 15) is 4.79 Å². The summed E-state index contributed by atoms with van der Waals surface area (Å²) >= 11 is 3.38. The Bertz CT molecular complexity index is 660. The maximum absolute atomic E-state index is 12.4. The van der Waals surface area contributed by atoms with E-state index in [0.29, 0.717) is 33.8 Å². The summed E-state index contributed by atoms with van der Waals surface area (Å²) < 4.78 is 16.5. The average molecular weight is 380 g/mol. The van der Waals surface area contributed by atoms with Crippen LogP contribution in [0.25, 0.3) is 0 Å². The Morgan fingerprint density at radius 1 is 1.09 bits per heavy atom. The summed E-state index contributed by atoms with van der Waals surface area (Å²) in [5.74, 6) is 1.57. The fourth-order valence-corrected chi connectivity index (χ4v) is 2.56. The number of hydrogen-bond donors (Lipinski definition) is 1. The van der Waals surface area contributed by atoms with Crippen LogP contribution in [0.15, 0.2) is 40.9 Å². The first-order valence-corrected chi connectivity index (χ1v) is 7.84. The zero-order valence-corrected chi connectivity index (χ0v) is 14.8. The molecule has 0 saturated carbocycles. The number of amides is 1. The third-order valence-electron chi connectivity index (χ3n) is 3.13. The van der Waals surface area contributed by atoms with Crippen LogP contribution in [0.1, 0.15) is 17.3 Å². The smallest absolute Gasteiger partial charge is 0.255 e. The molecule has 0 fully saturated rings. The van der Waals surface area contributed by atoms with Crippen molar-refractivity contribution in [2.75, 3.05) is 26.1 Å². The minimum atomic E-state index is -0.252. The van der Waals surface area contributed by atoms with Gasteiger partial charge in [-0.05, 0) is 59.3 Å². The second kappa shape index (κ2) is 7.87. The Morgan fingerprint density at radius 2 is 1.65 bits per heavy atom. The highest BCUT2D eigenvalue weighted by Gasteiger charge is 2.14. The lowest BCUT2D eigenvalue weighted by Gasteiger charge is -2.12. The van der Waals surface area contributed by atoms with E-state index >= 15 is 0 Å². The number of methoxy groups -OCH3 is 2. The van der Waals surface area contributed by atoms with Crippen LogP contribution in [0.3, 0.4) is 0 Å². The van der Waals surface area contributed by atoms with Crippen LogP contribution >= 0.6 is 15.9 Å². The van der Waals surface area contributed by atoms with Gasteiger partial charge in [-0.3, -0.25) is 4.79 Å². The molecule has 122 valence electrons. The van der Waals surface area contributed by atoms with Gasteiger partial charge in [-0.25, -0.2) is 0 Å². The van der Waals surface area contributed by atoms with Crippen molar-refractivity contribution < 1.29 is 19.0 Å². The van der Waals surface area contributed by atoms with Crippen LogP contribution < -0.4 is 19.5 Å². The van der Waals surface area contributed by atoms with Gasteiger partial charge in [0.1, 0.15) is 21.7 Å². The number of carbonyl (C=O) groups excluding carboxylic acids is 1. The van der Waals surface area contributed by atoms with Crippen molar-refractivity contribution in [2.24, 2.45) is 0 Å². The number of anilines is 1. The lowest BCUT2D eigenvalue weighted by Crippen LogP contribution is -2.12. The molecule has 0 aliphatic rings. The van der Waals surface area contributed by atoms with Gasteiger partial charge >= 0.3 is 0 Å². The average Bonchev–Trinajstić information content (AvgIpc) is 2.57. The van der Waals surface area contributed by atoms with Gasteiger partial charge in [0.2, 0.25) is 0 Å². The third-order valence-corrected chi connectivity index (χ3v) is 3.91. The van der Waals surface area contributed by atoms with Crippen molar-refractivity contribution in [3.63, 3.8) is 0 Å². The third kappa shape index (κ3) is 4.16. The SMILES string of the molecule is CCOc1ccc(NC(=O)c2cc(OC)c(Br)c(OC)c2)cc1. The fourth-order valence-electron chi connectivity index (χ4n) is 2.00. The molecule has 0 atom stereocenters. The zero-order valence-electron chi connectivity index (χ0n) is 13.2. The molecule has 0 saturated heterocycles. The van der Waals surface area contributed by atoms with E-state index in [-0.39, 0.29) is 5.91 Å². The van der Waals surface area contributed by atoms with Gasteiger partial charge in [0, 0.05) is 11.3 Å². The molecule has 1 amide bonds. The Balaban J connectivity index is 2.20. The van der Waals surface area contributed by atoms with Gasteiger partial charge in [-0.2, -0.15) is 0 Å². The molecule has 0 spiro atoms. The first kappa shape index (κ1) is 17.1. The molecule has 2 rings (SSSR count). The number of halogens is 1. The number of carbonyl (C=O) groups is 1. The van der Waals surface area contributed by atoms with Crippen LogP contribution in [0.2, 0.25) is 0 Å². The molecule has 2 aromatic carbocycles. The second-order valence-corrected chi connectivity index (χ2v) is 5.40. The molecule has 5 nitrogen and oxygen atoms in total. The van der Waals surface area contributed by atoms with E-state index < -0.39 is 0 Å². The van der Waals surface area contributed by atoms with Crippen molar-refractivity contribution in [1.82, 2.24) is 0 Å². The first-order valence-electron chi connectivity index (χ1n) is 7.04. The monoisotopic (exact) mass is 379 g/mol. The lowest BCUT2D eigenvalue weighted by molar-refractivity contribution is 0.102. The van der Waals surface area contributed by atoms with Gasteiger partial charge in [0.05, 0.1) is 20.8 Å². The molecule has 23 heavy (non-hydrogen) atoms. The van der Waals surface area contributed by atoms with Gasteiger partial charge in [-0.1, -0.05) is 0 Å². The number of ether oxygens (including phenoxy) is 3. The fraction of sp³-hybridized carbons (Fsp3) is 0.235. The van der Waals surface area contributed by atoms with Crippen molar-refractivity contribution in [3.05, 3.63) is 46.4 Å². The summed E-state index contributed by atoms with van der Waals surface area (Å²) in [6, 6.07) is 10.5. The maximum Gasteiger partial charge on any atom is 0.255 e. The molecule has 2 aromatic rings. The number of nitrogens with one attached hydrogen (secondary N) is 1. The summed E-state index contributed by atoms with van der Waals surface area (Å²) in [5.41, 5.74) is 1.12. The molecule has 0 aliphatic heterocycles. The quantitative estimate of drug-likeness (QED) is 0.819. The van der Waals surface area contributed by atoms with E-state index in [0.717, 1.165) is 5.75 Å². The zero-order chi connectivity index (χ0) is 16.8. The van der Waals surface area contributed by atoms with Crippen molar-refractivity contribution in [3.8, 4) is 17.2 Å². The first-order chi connectivity index (χ1) is 11.1. The molecule has 6 heteroatoms. The van der Waals surface area contributed by atoms with Crippen LogP contribution in [0, 0.1) is 0 Å². The summed E-state index contributed by atoms with van der Waals surface area (Å²) in [5, 5.41) is 2.83. The number of hydrogen-bond acceptors (Lipinski definition) is 4. The van der Waals surface area contributed by atoms with Crippen LogP contribution in [-0.2, 0) is 0 Å². The Kier molecular flexibility index (Phi) is 5.87. The Hall–Kier alpha value is -2.21. The van der Waals surface area contributed by atoms with Crippen LogP contribution in [0.5, 0.6) is 17.2 Å². The van der Waals surface area contributed by atoms with E-state index in [1.807, 2.05) is 19.1 Å². The predicted molar refractivity (Wildman–Crippen MR) is 92.8 cm³/mol. The molecule has 0 aromatic heterocycles. The minimum absolute atomic E-state index is 0.252. The summed E-state index contributed by atoms with van der Waals surface area (Å²) in [6.07, 6.45) is 0. The molecular formula is C17H18BrNO4. The topological polar surface area (TPSA) is 56.8 Å². The molecule has 0 aliphatic carbocycles. The largest absolute Gasteiger partial charge is 0.495 e. The predicted octanol–water partition coefficient (Wildman–Crippen LogP) is 4.12.